The highest BCUT2D eigenvalue weighted by Crippen LogP contribution is 2.16. The van der Waals surface area contributed by atoms with Crippen LogP contribution in [0.4, 0.5) is 0 Å². The molecule has 0 bridgehead atoms. The molecular weight excluding hydrogens is 743 g/mol. The zero-order valence-electron chi connectivity index (χ0n) is 39.9. The molecule has 2 atom stereocenters. The fraction of sp³-hybridized carbons (Fsp3) is 0.852. The zero-order chi connectivity index (χ0) is 43.7. The first kappa shape index (κ1) is 58.1. The summed E-state index contributed by atoms with van der Waals surface area (Å²) in [6.45, 7) is 4.84. The van der Waals surface area contributed by atoms with Crippen molar-refractivity contribution in [3.05, 3.63) is 36.5 Å². The minimum Gasteiger partial charge on any atom is -0.466 e. The summed E-state index contributed by atoms with van der Waals surface area (Å²) in [5.74, 6) is -0.139. The van der Waals surface area contributed by atoms with Gasteiger partial charge in [0.2, 0.25) is 5.91 Å². The van der Waals surface area contributed by atoms with Crippen LogP contribution in [0.3, 0.4) is 0 Å². The first-order chi connectivity index (χ1) is 29.5. The molecule has 0 aliphatic carbocycles. The van der Waals surface area contributed by atoms with Crippen LogP contribution < -0.4 is 5.32 Å². The van der Waals surface area contributed by atoms with Crippen molar-refractivity contribution < 1.29 is 24.5 Å². The van der Waals surface area contributed by atoms with Crippen LogP contribution in [0.15, 0.2) is 36.5 Å². The number of unbranched alkanes of at least 4 members (excludes halogenated alkanes) is 31. The molecule has 6 heteroatoms. The fourth-order valence-corrected chi connectivity index (χ4v) is 7.85. The predicted molar refractivity (Wildman–Crippen MR) is 259 cm³/mol. The standard InChI is InChI=1S/C54H101NO5/c1-3-5-7-9-11-13-15-17-19-21-22-24-26-28-32-36-40-44-48-54(59)60-49-45-41-37-33-29-31-35-39-43-47-53(58)55-51(50-56)52(57)46-42-38-34-30-27-25-23-20-18-16-14-12-10-8-6-4-2/h13,15,19,21,31,35,51-52,56-57H,3-12,14,16-18,20,22-30,32-34,36-50H2,1-2H3,(H,55,58)/b15-13-,21-19-,35-31-. The van der Waals surface area contributed by atoms with Crippen LogP contribution >= 0.6 is 0 Å². The van der Waals surface area contributed by atoms with Gasteiger partial charge in [-0.15, -0.1) is 0 Å². The van der Waals surface area contributed by atoms with Crippen LogP contribution in [-0.4, -0.2) is 47.4 Å². The van der Waals surface area contributed by atoms with E-state index in [-0.39, 0.29) is 18.5 Å². The first-order valence-electron chi connectivity index (χ1n) is 26.2. The van der Waals surface area contributed by atoms with E-state index in [1.165, 1.54) is 161 Å². The third-order valence-corrected chi connectivity index (χ3v) is 11.9. The number of allylic oxidation sites excluding steroid dienone is 6. The van der Waals surface area contributed by atoms with Gasteiger partial charge in [-0.2, -0.15) is 0 Å². The number of hydrogen-bond acceptors (Lipinski definition) is 5. The fourth-order valence-electron chi connectivity index (χ4n) is 7.85. The zero-order valence-corrected chi connectivity index (χ0v) is 39.9. The predicted octanol–water partition coefficient (Wildman–Crippen LogP) is 15.7. The molecule has 0 rings (SSSR count). The molecule has 352 valence electrons. The van der Waals surface area contributed by atoms with Gasteiger partial charge in [-0.05, 0) is 77.0 Å². The van der Waals surface area contributed by atoms with Crippen molar-refractivity contribution in [1.29, 1.82) is 0 Å². The van der Waals surface area contributed by atoms with E-state index in [1.54, 1.807) is 0 Å². The van der Waals surface area contributed by atoms with Gasteiger partial charge in [-0.1, -0.05) is 217 Å². The summed E-state index contributed by atoms with van der Waals surface area (Å²) in [6, 6.07) is -0.580. The summed E-state index contributed by atoms with van der Waals surface area (Å²) >= 11 is 0. The van der Waals surface area contributed by atoms with Gasteiger partial charge < -0.3 is 20.3 Å². The summed E-state index contributed by atoms with van der Waals surface area (Å²) in [6.07, 6.45) is 59.8. The Morgan fingerprint density at radius 1 is 0.467 bits per heavy atom. The maximum absolute atomic E-state index is 12.4. The van der Waals surface area contributed by atoms with Crippen molar-refractivity contribution in [2.24, 2.45) is 0 Å². The number of esters is 1. The second-order valence-corrected chi connectivity index (χ2v) is 17.8. The molecule has 60 heavy (non-hydrogen) atoms. The normalized spacial score (nSPS) is 12.9. The van der Waals surface area contributed by atoms with E-state index in [1.807, 2.05) is 0 Å². The van der Waals surface area contributed by atoms with E-state index in [0.29, 0.717) is 25.9 Å². The molecule has 0 aliphatic rings. The van der Waals surface area contributed by atoms with E-state index < -0.39 is 12.1 Å². The number of aliphatic hydroxyl groups excluding tert-OH is 2. The third kappa shape index (κ3) is 45.6. The lowest BCUT2D eigenvalue weighted by Gasteiger charge is -2.22. The Balaban J connectivity index is 3.54. The number of nitrogens with one attached hydrogen (secondary N) is 1. The number of amides is 1. The minimum absolute atomic E-state index is 0.0432. The highest BCUT2D eigenvalue weighted by Gasteiger charge is 2.20. The minimum atomic E-state index is -0.696. The van der Waals surface area contributed by atoms with E-state index >= 15 is 0 Å². The third-order valence-electron chi connectivity index (χ3n) is 11.9. The summed E-state index contributed by atoms with van der Waals surface area (Å²) in [5, 5.41) is 23.2. The number of carbonyl (C=O) groups excluding carboxylic acids is 2. The molecule has 0 spiro atoms. The highest BCUT2D eigenvalue weighted by atomic mass is 16.5. The summed E-state index contributed by atoms with van der Waals surface area (Å²) in [7, 11) is 0. The van der Waals surface area contributed by atoms with E-state index in [4.69, 9.17) is 4.74 Å². The molecular formula is C54H101NO5. The van der Waals surface area contributed by atoms with Gasteiger partial charge in [0.05, 0.1) is 25.4 Å². The first-order valence-corrected chi connectivity index (χ1v) is 26.2. The Morgan fingerprint density at radius 2 is 0.850 bits per heavy atom. The maximum atomic E-state index is 12.4. The summed E-state index contributed by atoms with van der Waals surface area (Å²) in [5.41, 5.74) is 0. The average molecular weight is 844 g/mol. The smallest absolute Gasteiger partial charge is 0.305 e. The maximum Gasteiger partial charge on any atom is 0.305 e. The van der Waals surface area contributed by atoms with Crippen LogP contribution in [0, 0.1) is 0 Å². The molecule has 0 saturated heterocycles. The molecule has 0 radical (unpaired) electrons. The molecule has 2 unspecified atom stereocenters. The Labute approximate surface area is 373 Å². The molecule has 3 N–H and O–H groups in total. The van der Waals surface area contributed by atoms with Crippen molar-refractivity contribution in [3.63, 3.8) is 0 Å². The van der Waals surface area contributed by atoms with Crippen LogP contribution in [0.2, 0.25) is 0 Å². The molecule has 1 amide bonds. The van der Waals surface area contributed by atoms with Gasteiger partial charge in [0, 0.05) is 12.8 Å². The van der Waals surface area contributed by atoms with Gasteiger partial charge in [-0.3, -0.25) is 9.59 Å². The Morgan fingerprint density at radius 3 is 1.33 bits per heavy atom. The topological polar surface area (TPSA) is 95.9 Å². The van der Waals surface area contributed by atoms with Crippen molar-refractivity contribution in [3.8, 4) is 0 Å². The highest BCUT2D eigenvalue weighted by molar-refractivity contribution is 5.76. The second kappa shape index (κ2) is 49.7. The van der Waals surface area contributed by atoms with Gasteiger partial charge in [-0.25, -0.2) is 0 Å². The number of aliphatic hydroxyl groups is 2. The van der Waals surface area contributed by atoms with Crippen LogP contribution in [0.5, 0.6) is 0 Å². The van der Waals surface area contributed by atoms with Crippen LogP contribution in [0.1, 0.15) is 271 Å². The summed E-state index contributed by atoms with van der Waals surface area (Å²) < 4.78 is 5.44. The molecule has 0 heterocycles. The molecule has 0 aromatic carbocycles. The van der Waals surface area contributed by atoms with Gasteiger partial charge in [0.15, 0.2) is 0 Å². The Bertz CT molecular complexity index is 977. The van der Waals surface area contributed by atoms with Gasteiger partial charge in [0.1, 0.15) is 0 Å². The van der Waals surface area contributed by atoms with Gasteiger partial charge >= 0.3 is 5.97 Å². The van der Waals surface area contributed by atoms with Crippen LogP contribution in [0.25, 0.3) is 0 Å². The number of hydrogen-bond donors (Lipinski definition) is 3. The average Bonchev–Trinajstić information content (AvgIpc) is 3.25. The lowest BCUT2D eigenvalue weighted by atomic mass is 10.0. The molecule has 0 aliphatic heterocycles. The second-order valence-electron chi connectivity index (χ2n) is 17.8. The lowest BCUT2D eigenvalue weighted by Crippen LogP contribution is -2.45. The van der Waals surface area contributed by atoms with Crippen molar-refractivity contribution >= 4 is 11.9 Å². The largest absolute Gasteiger partial charge is 0.466 e. The Kier molecular flexibility index (Phi) is 48.1. The van der Waals surface area contributed by atoms with Crippen molar-refractivity contribution in [2.45, 2.75) is 283 Å². The quantitative estimate of drug-likeness (QED) is 0.0322. The molecule has 6 nitrogen and oxygen atoms in total. The SMILES string of the molecule is CCCCCC/C=C\C/C=C\CCCCCCCCCC(=O)OCCCCCC/C=C\CCCC(=O)NC(CO)C(O)CCCCCCCCCCCCCCCCCC. The van der Waals surface area contributed by atoms with E-state index in [9.17, 15) is 19.8 Å². The molecule has 0 saturated carbocycles. The molecule has 0 fully saturated rings. The van der Waals surface area contributed by atoms with Crippen molar-refractivity contribution in [1.82, 2.24) is 5.32 Å². The van der Waals surface area contributed by atoms with Gasteiger partial charge in [0.25, 0.3) is 0 Å². The number of carbonyl (C=O) groups is 2. The monoisotopic (exact) mass is 844 g/mol. The van der Waals surface area contributed by atoms with E-state index in [0.717, 1.165) is 77.0 Å². The summed E-state index contributed by atoms with van der Waals surface area (Å²) in [4.78, 5) is 24.5. The van der Waals surface area contributed by atoms with Crippen molar-refractivity contribution in [2.75, 3.05) is 13.2 Å². The molecule has 0 aromatic rings. The Hall–Kier alpha value is -1.92. The lowest BCUT2D eigenvalue weighted by molar-refractivity contribution is -0.143. The molecule has 0 aromatic heterocycles. The van der Waals surface area contributed by atoms with E-state index in [2.05, 4.69) is 55.6 Å². The van der Waals surface area contributed by atoms with Crippen LogP contribution in [-0.2, 0) is 14.3 Å². The number of rotatable bonds is 48. The number of ether oxygens (including phenoxy) is 1.